The van der Waals surface area contributed by atoms with Crippen LogP contribution in [0.2, 0.25) is 5.02 Å². The Morgan fingerprint density at radius 1 is 1.25 bits per heavy atom. The Labute approximate surface area is 144 Å². The van der Waals surface area contributed by atoms with Crippen molar-refractivity contribution in [1.29, 1.82) is 0 Å². The van der Waals surface area contributed by atoms with Gasteiger partial charge in [0.1, 0.15) is 5.54 Å². The molecule has 0 bridgehead atoms. The van der Waals surface area contributed by atoms with Crippen LogP contribution in [0, 0.1) is 6.92 Å². The average Bonchev–Trinajstić information content (AvgIpc) is 2.78. The van der Waals surface area contributed by atoms with E-state index in [4.69, 9.17) is 11.6 Å². The van der Waals surface area contributed by atoms with Crippen LogP contribution >= 0.6 is 11.6 Å². The molecule has 1 aliphatic carbocycles. The summed E-state index contributed by atoms with van der Waals surface area (Å²) >= 11 is 6.24. The van der Waals surface area contributed by atoms with E-state index in [9.17, 15) is 9.59 Å². The minimum atomic E-state index is -0.815. The van der Waals surface area contributed by atoms with E-state index >= 15 is 0 Å². The number of carbonyl (C=O) groups is 2. The summed E-state index contributed by atoms with van der Waals surface area (Å²) in [6.07, 6.45) is 4.36. The van der Waals surface area contributed by atoms with Crippen molar-refractivity contribution < 1.29 is 9.59 Å². The second-order valence-electron chi connectivity index (χ2n) is 6.50. The first-order valence-electron chi connectivity index (χ1n) is 7.83. The van der Waals surface area contributed by atoms with Crippen LogP contribution in [0.25, 0.3) is 0 Å². The van der Waals surface area contributed by atoms with Gasteiger partial charge in [0, 0.05) is 11.2 Å². The van der Waals surface area contributed by atoms with Gasteiger partial charge in [-0.3, -0.25) is 9.78 Å². The number of nitrogens with one attached hydrogen (secondary N) is 1. The third-order valence-electron chi connectivity index (χ3n) is 4.82. The van der Waals surface area contributed by atoms with Gasteiger partial charge in [0.2, 0.25) is 0 Å². The summed E-state index contributed by atoms with van der Waals surface area (Å²) in [4.78, 5) is 30.5. The van der Waals surface area contributed by atoms with Gasteiger partial charge in [-0.1, -0.05) is 29.8 Å². The normalized spacial score (nSPS) is 25.8. The molecule has 1 spiro atoms. The maximum atomic E-state index is 12.9. The predicted molar refractivity (Wildman–Crippen MR) is 91.1 cm³/mol. The maximum Gasteiger partial charge on any atom is 0.329 e. The fraction of sp³-hybridized carbons (Fsp3) is 0.278. The van der Waals surface area contributed by atoms with Gasteiger partial charge in [-0.05, 0) is 48.9 Å². The number of benzene rings is 1. The molecular weight excluding hydrogens is 326 g/mol. The number of aryl methyl sites for hydroxylation is 1. The predicted octanol–water partition coefficient (Wildman–Crippen LogP) is 3.42. The molecule has 1 saturated carbocycles. The van der Waals surface area contributed by atoms with E-state index in [1.54, 1.807) is 12.3 Å². The molecule has 1 N–H and O–H groups in total. The van der Waals surface area contributed by atoms with E-state index in [-0.39, 0.29) is 17.9 Å². The molecule has 122 valence electrons. The Balaban J connectivity index is 1.58. The number of amides is 3. The molecule has 24 heavy (non-hydrogen) atoms. The summed E-state index contributed by atoms with van der Waals surface area (Å²) in [5, 5.41) is 3.57. The molecule has 2 fully saturated rings. The zero-order valence-corrected chi connectivity index (χ0v) is 13.9. The Hall–Kier alpha value is -2.40. The summed E-state index contributed by atoms with van der Waals surface area (Å²) in [6, 6.07) is 9.05. The number of aromatic nitrogens is 1. The molecule has 5 nitrogen and oxygen atoms in total. The van der Waals surface area contributed by atoms with E-state index in [2.05, 4.69) is 10.3 Å². The Kier molecular flexibility index (Phi) is 3.35. The first kappa shape index (κ1) is 15.1. The Morgan fingerprint density at radius 2 is 2.00 bits per heavy atom. The molecular formula is C18H16ClN3O2. The number of urea groups is 1. The van der Waals surface area contributed by atoms with E-state index in [1.807, 2.05) is 31.2 Å². The van der Waals surface area contributed by atoms with Gasteiger partial charge in [-0.2, -0.15) is 0 Å². The topological polar surface area (TPSA) is 62.3 Å². The van der Waals surface area contributed by atoms with Gasteiger partial charge in [0.25, 0.3) is 5.91 Å². The standard InChI is InChI=1S/C18H16ClN3O2/c1-11-6-13(10-20-9-11)22-16(23)18(21-17(22)24)7-12(8-18)14-4-2-3-5-15(14)19/h2-6,9-10,12H,7-8H2,1H3,(H,21,24). The van der Waals surface area contributed by atoms with Gasteiger partial charge in [0.05, 0.1) is 11.9 Å². The largest absolute Gasteiger partial charge is 0.329 e. The fourth-order valence-corrected chi connectivity index (χ4v) is 3.89. The van der Waals surface area contributed by atoms with Crippen molar-refractivity contribution in [3.8, 4) is 0 Å². The minimum absolute atomic E-state index is 0.179. The molecule has 2 aromatic rings. The Bertz CT molecular complexity index is 846. The smallest absolute Gasteiger partial charge is 0.323 e. The maximum absolute atomic E-state index is 12.9. The summed E-state index contributed by atoms with van der Waals surface area (Å²) in [7, 11) is 0. The zero-order valence-electron chi connectivity index (χ0n) is 13.1. The Morgan fingerprint density at radius 3 is 2.71 bits per heavy atom. The number of hydrogen-bond donors (Lipinski definition) is 1. The van der Waals surface area contributed by atoms with Crippen LogP contribution in [0.1, 0.15) is 29.9 Å². The van der Waals surface area contributed by atoms with Crippen molar-refractivity contribution >= 4 is 29.2 Å². The molecule has 0 unspecified atom stereocenters. The van der Waals surface area contributed by atoms with Crippen LogP contribution in [-0.4, -0.2) is 22.5 Å². The van der Waals surface area contributed by atoms with Crippen LogP contribution in [0.15, 0.2) is 42.7 Å². The summed E-state index contributed by atoms with van der Waals surface area (Å²) < 4.78 is 0. The van der Waals surface area contributed by atoms with Crippen LogP contribution < -0.4 is 10.2 Å². The van der Waals surface area contributed by atoms with Crippen molar-refractivity contribution in [3.63, 3.8) is 0 Å². The van der Waals surface area contributed by atoms with Gasteiger partial charge >= 0.3 is 6.03 Å². The molecule has 1 aromatic carbocycles. The number of carbonyl (C=O) groups excluding carboxylic acids is 2. The lowest BCUT2D eigenvalue weighted by atomic mass is 9.65. The molecule has 2 heterocycles. The third kappa shape index (κ3) is 2.19. The SMILES string of the molecule is Cc1cncc(N2C(=O)NC3(CC(c4ccccc4Cl)C3)C2=O)c1. The lowest BCUT2D eigenvalue weighted by molar-refractivity contribution is -0.125. The second-order valence-corrected chi connectivity index (χ2v) is 6.91. The van der Waals surface area contributed by atoms with Crippen molar-refractivity contribution in [2.75, 3.05) is 4.90 Å². The lowest BCUT2D eigenvalue weighted by Gasteiger charge is -2.43. The lowest BCUT2D eigenvalue weighted by Crippen LogP contribution is -2.56. The number of imide groups is 1. The summed E-state index contributed by atoms with van der Waals surface area (Å²) in [5.74, 6) is -0.0262. The van der Waals surface area contributed by atoms with Crippen molar-refractivity contribution in [2.24, 2.45) is 0 Å². The molecule has 1 aliphatic heterocycles. The molecule has 0 atom stereocenters. The first-order valence-corrected chi connectivity index (χ1v) is 8.21. The zero-order chi connectivity index (χ0) is 16.9. The molecule has 2 aliphatic rings. The fourth-order valence-electron chi connectivity index (χ4n) is 3.60. The van der Waals surface area contributed by atoms with Crippen LogP contribution in [0.3, 0.4) is 0 Å². The molecule has 3 amide bonds. The van der Waals surface area contributed by atoms with Gasteiger partial charge in [-0.25, -0.2) is 9.69 Å². The van der Waals surface area contributed by atoms with Gasteiger partial charge in [-0.15, -0.1) is 0 Å². The number of pyridine rings is 1. The van der Waals surface area contributed by atoms with E-state index in [0.29, 0.717) is 23.6 Å². The first-order chi connectivity index (χ1) is 11.5. The van der Waals surface area contributed by atoms with Crippen LogP contribution in [0.4, 0.5) is 10.5 Å². The van der Waals surface area contributed by atoms with Crippen molar-refractivity contribution in [2.45, 2.75) is 31.2 Å². The van der Waals surface area contributed by atoms with Crippen molar-refractivity contribution in [1.82, 2.24) is 10.3 Å². The third-order valence-corrected chi connectivity index (χ3v) is 5.16. The average molecular weight is 342 g/mol. The molecule has 4 rings (SSSR count). The second kappa shape index (κ2) is 5.31. The van der Waals surface area contributed by atoms with Crippen molar-refractivity contribution in [3.05, 3.63) is 58.9 Å². The highest BCUT2D eigenvalue weighted by molar-refractivity contribution is 6.31. The molecule has 0 radical (unpaired) electrons. The highest BCUT2D eigenvalue weighted by Gasteiger charge is 2.59. The number of hydrogen-bond acceptors (Lipinski definition) is 3. The molecule has 6 heteroatoms. The van der Waals surface area contributed by atoms with Crippen LogP contribution in [-0.2, 0) is 4.79 Å². The number of anilines is 1. The van der Waals surface area contributed by atoms with E-state index < -0.39 is 5.54 Å². The summed E-state index contributed by atoms with van der Waals surface area (Å²) in [5.41, 5.74) is 1.62. The highest BCUT2D eigenvalue weighted by atomic mass is 35.5. The highest BCUT2D eigenvalue weighted by Crippen LogP contribution is 2.49. The van der Waals surface area contributed by atoms with Gasteiger partial charge in [0.15, 0.2) is 0 Å². The van der Waals surface area contributed by atoms with E-state index in [0.717, 1.165) is 11.1 Å². The van der Waals surface area contributed by atoms with E-state index in [1.165, 1.54) is 11.1 Å². The number of halogens is 1. The monoisotopic (exact) mass is 341 g/mol. The quantitative estimate of drug-likeness (QED) is 0.851. The number of rotatable bonds is 2. The molecule has 1 aromatic heterocycles. The number of nitrogens with zero attached hydrogens (tertiary/aromatic N) is 2. The minimum Gasteiger partial charge on any atom is -0.323 e. The van der Waals surface area contributed by atoms with Crippen LogP contribution in [0.5, 0.6) is 0 Å². The summed E-state index contributed by atoms with van der Waals surface area (Å²) in [6.45, 7) is 1.88. The molecule has 1 saturated heterocycles. The van der Waals surface area contributed by atoms with Gasteiger partial charge < -0.3 is 5.32 Å².